The number of esters is 1. The summed E-state index contributed by atoms with van der Waals surface area (Å²) in [5.74, 6) is -0.829. The van der Waals surface area contributed by atoms with Crippen LogP contribution in [0.15, 0.2) is 47.4 Å². The number of sulfonamides is 1. The molecule has 0 saturated carbocycles. The molecule has 144 valence electrons. The van der Waals surface area contributed by atoms with Gasteiger partial charge in [-0.2, -0.15) is 0 Å². The molecule has 3 N–H and O–H groups in total. The fourth-order valence-electron chi connectivity index (χ4n) is 2.08. The van der Waals surface area contributed by atoms with E-state index in [1.54, 1.807) is 24.3 Å². The Morgan fingerprint density at radius 1 is 1.19 bits per heavy atom. The van der Waals surface area contributed by atoms with E-state index in [9.17, 15) is 18.0 Å². The van der Waals surface area contributed by atoms with Gasteiger partial charge in [0.25, 0.3) is 5.91 Å². The maximum absolute atomic E-state index is 12.1. The molecule has 0 aromatic heterocycles. The van der Waals surface area contributed by atoms with Gasteiger partial charge in [-0.1, -0.05) is 23.7 Å². The number of primary sulfonamides is 1. The molecular formula is C17H17ClN2O6S. The number of amides is 1. The Kier molecular flexibility index (Phi) is 6.78. The molecule has 0 atom stereocenters. The lowest BCUT2D eigenvalue weighted by Gasteiger charge is -2.09. The van der Waals surface area contributed by atoms with Crippen LogP contribution in [0.5, 0.6) is 5.75 Å². The van der Waals surface area contributed by atoms with E-state index >= 15 is 0 Å². The molecule has 0 aliphatic heterocycles. The van der Waals surface area contributed by atoms with Crippen LogP contribution in [0.1, 0.15) is 15.9 Å². The van der Waals surface area contributed by atoms with Crippen molar-refractivity contribution in [1.29, 1.82) is 0 Å². The molecule has 0 radical (unpaired) electrons. The Bertz CT molecular complexity index is 962. The van der Waals surface area contributed by atoms with Crippen LogP contribution < -0.4 is 15.2 Å². The number of methoxy groups -OCH3 is 1. The highest BCUT2D eigenvalue weighted by Crippen LogP contribution is 2.20. The van der Waals surface area contributed by atoms with E-state index in [1.807, 2.05) is 0 Å². The van der Waals surface area contributed by atoms with E-state index in [-0.39, 0.29) is 22.0 Å². The number of carbonyl (C=O) groups excluding carboxylic acids is 2. The third-order valence-electron chi connectivity index (χ3n) is 3.44. The molecule has 0 aliphatic rings. The molecule has 0 saturated heterocycles. The van der Waals surface area contributed by atoms with Crippen molar-refractivity contribution < 1.29 is 27.5 Å². The Morgan fingerprint density at radius 2 is 1.93 bits per heavy atom. The molecule has 1 amide bonds. The minimum Gasteiger partial charge on any atom is -0.497 e. The van der Waals surface area contributed by atoms with Gasteiger partial charge in [0.15, 0.2) is 6.61 Å². The lowest BCUT2D eigenvalue weighted by Crippen LogP contribution is -2.28. The van der Waals surface area contributed by atoms with Gasteiger partial charge in [-0.15, -0.1) is 0 Å². The summed E-state index contributed by atoms with van der Waals surface area (Å²) in [7, 11) is -2.47. The SMILES string of the molecule is COc1cccc(CNC(=O)COC(=O)c2cc(S(N)(=O)=O)ccc2Cl)c1. The minimum absolute atomic E-state index is 0.0239. The van der Waals surface area contributed by atoms with E-state index in [4.69, 9.17) is 26.2 Å². The molecule has 0 fully saturated rings. The Labute approximate surface area is 161 Å². The fourth-order valence-corrected chi connectivity index (χ4v) is 2.82. The Hall–Kier alpha value is -2.62. The molecule has 0 aliphatic carbocycles. The van der Waals surface area contributed by atoms with Crippen molar-refractivity contribution in [2.24, 2.45) is 5.14 Å². The lowest BCUT2D eigenvalue weighted by molar-refractivity contribution is -0.124. The molecule has 2 aromatic carbocycles. The first kappa shape index (κ1) is 20.7. The third-order valence-corrected chi connectivity index (χ3v) is 4.69. The van der Waals surface area contributed by atoms with Crippen molar-refractivity contribution in [3.05, 3.63) is 58.6 Å². The predicted octanol–water partition coefficient (Wildman–Crippen LogP) is 1.47. The first-order valence-corrected chi connectivity index (χ1v) is 9.52. The third kappa shape index (κ3) is 5.95. The molecule has 27 heavy (non-hydrogen) atoms. The summed E-state index contributed by atoms with van der Waals surface area (Å²) in [5.41, 5.74) is 0.599. The Morgan fingerprint density at radius 3 is 2.59 bits per heavy atom. The van der Waals surface area contributed by atoms with Crippen molar-refractivity contribution in [1.82, 2.24) is 5.32 Å². The molecular weight excluding hydrogens is 396 g/mol. The number of ether oxygens (including phenoxy) is 2. The number of carbonyl (C=O) groups is 2. The fraction of sp³-hybridized carbons (Fsp3) is 0.176. The highest BCUT2D eigenvalue weighted by Gasteiger charge is 2.18. The molecule has 0 unspecified atom stereocenters. The van der Waals surface area contributed by atoms with Gasteiger partial charge in [0, 0.05) is 6.54 Å². The van der Waals surface area contributed by atoms with Gasteiger partial charge in [0.1, 0.15) is 5.75 Å². The molecule has 2 rings (SSSR count). The molecule has 0 bridgehead atoms. The summed E-state index contributed by atoms with van der Waals surface area (Å²) in [6.45, 7) is -0.339. The van der Waals surface area contributed by atoms with Crippen LogP contribution in [0.3, 0.4) is 0 Å². The van der Waals surface area contributed by atoms with Gasteiger partial charge in [0.05, 0.1) is 22.6 Å². The van der Waals surface area contributed by atoms with E-state index in [1.165, 1.54) is 13.2 Å². The van der Waals surface area contributed by atoms with Crippen LogP contribution in [0.4, 0.5) is 0 Å². The topological polar surface area (TPSA) is 125 Å². The average molecular weight is 413 g/mol. The number of nitrogens with two attached hydrogens (primary N) is 1. The highest BCUT2D eigenvalue weighted by atomic mass is 35.5. The number of halogens is 1. The quantitative estimate of drug-likeness (QED) is 0.663. The zero-order valence-electron chi connectivity index (χ0n) is 14.3. The summed E-state index contributed by atoms with van der Waals surface area (Å²) in [6, 6.07) is 10.5. The molecule has 10 heteroatoms. The Balaban J connectivity index is 1.94. The first-order chi connectivity index (χ1) is 12.7. The monoisotopic (exact) mass is 412 g/mol. The van der Waals surface area contributed by atoms with Gasteiger partial charge in [-0.05, 0) is 35.9 Å². The predicted molar refractivity (Wildman–Crippen MR) is 97.9 cm³/mol. The van der Waals surface area contributed by atoms with Crippen LogP contribution in [-0.2, 0) is 26.1 Å². The van der Waals surface area contributed by atoms with E-state index in [0.29, 0.717) is 5.75 Å². The summed E-state index contributed by atoms with van der Waals surface area (Å²) < 4.78 is 32.7. The van der Waals surface area contributed by atoms with E-state index < -0.39 is 28.5 Å². The second kappa shape index (κ2) is 8.85. The van der Waals surface area contributed by atoms with Gasteiger partial charge in [-0.25, -0.2) is 18.4 Å². The minimum atomic E-state index is -4.01. The van der Waals surface area contributed by atoms with Gasteiger partial charge >= 0.3 is 5.97 Å². The van der Waals surface area contributed by atoms with Gasteiger partial charge in [0.2, 0.25) is 10.0 Å². The van der Waals surface area contributed by atoms with Crippen LogP contribution in [0.2, 0.25) is 5.02 Å². The largest absolute Gasteiger partial charge is 0.497 e. The van der Waals surface area contributed by atoms with Gasteiger partial charge < -0.3 is 14.8 Å². The number of hydrogen-bond donors (Lipinski definition) is 2. The normalized spacial score (nSPS) is 10.9. The second-order valence-corrected chi connectivity index (χ2v) is 7.36. The van der Waals surface area contributed by atoms with Crippen molar-refractivity contribution in [2.45, 2.75) is 11.4 Å². The smallest absolute Gasteiger partial charge is 0.340 e. The maximum atomic E-state index is 12.1. The zero-order chi connectivity index (χ0) is 20.0. The summed E-state index contributed by atoms with van der Waals surface area (Å²) in [6.07, 6.45) is 0. The number of nitrogens with one attached hydrogen (secondary N) is 1. The molecule has 2 aromatic rings. The van der Waals surface area contributed by atoms with Crippen LogP contribution in [0, 0.1) is 0 Å². The lowest BCUT2D eigenvalue weighted by atomic mass is 10.2. The number of rotatable bonds is 7. The average Bonchev–Trinajstić information content (AvgIpc) is 2.64. The number of hydrogen-bond acceptors (Lipinski definition) is 6. The second-order valence-electron chi connectivity index (χ2n) is 5.39. The standard InChI is InChI=1S/C17H17ClN2O6S/c1-25-12-4-2-3-11(7-12)9-20-16(21)10-26-17(22)14-8-13(27(19,23)24)5-6-15(14)18/h2-8H,9-10H2,1H3,(H,20,21)(H2,19,23,24). The van der Waals surface area contributed by atoms with Crippen LogP contribution in [-0.4, -0.2) is 34.0 Å². The van der Waals surface area contributed by atoms with Crippen molar-refractivity contribution in [2.75, 3.05) is 13.7 Å². The summed E-state index contributed by atoms with van der Waals surface area (Å²) >= 11 is 5.88. The zero-order valence-corrected chi connectivity index (χ0v) is 15.8. The molecule has 0 heterocycles. The first-order valence-electron chi connectivity index (χ1n) is 7.60. The summed E-state index contributed by atoms with van der Waals surface area (Å²) in [4.78, 5) is 23.6. The maximum Gasteiger partial charge on any atom is 0.340 e. The van der Waals surface area contributed by atoms with Crippen LogP contribution >= 0.6 is 11.6 Å². The van der Waals surface area contributed by atoms with E-state index in [0.717, 1.165) is 17.7 Å². The van der Waals surface area contributed by atoms with Crippen LogP contribution in [0.25, 0.3) is 0 Å². The van der Waals surface area contributed by atoms with Crippen molar-refractivity contribution >= 4 is 33.5 Å². The van der Waals surface area contributed by atoms with Gasteiger partial charge in [-0.3, -0.25) is 4.79 Å². The molecule has 0 spiro atoms. The molecule has 8 nitrogen and oxygen atoms in total. The van der Waals surface area contributed by atoms with Crippen molar-refractivity contribution in [3.63, 3.8) is 0 Å². The van der Waals surface area contributed by atoms with E-state index in [2.05, 4.69) is 5.32 Å². The van der Waals surface area contributed by atoms with Crippen molar-refractivity contribution in [3.8, 4) is 5.75 Å². The number of benzene rings is 2. The highest BCUT2D eigenvalue weighted by molar-refractivity contribution is 7.89. The summed E-state index contributed by atoms with van der Waals surface area (Å²) in [5, 5.41) is 7.58.